The van der Waals surface area contributed by atoms with Gasteiger partial charge in [-0.2, -0.15) is 0 Å². The summed E-state index contributed by atoms with van der Waals surface area (Å²) in [6, 6.07) is 33.3. The number of nitrogens with zero attached hydrogens (tertiary/aromatic N) is 4. The fourth-order valence-electron chi connectivity index (χ4n) is 4.31. The molecule has 0 fully saturated rings. The number of rotatable bonds is 7. The first kappa shape index (κ1) is 23.7. The molecule has 39 heavy (non-hydrogen) atoms. The average molecular weight is 512 g/mol. The zero-order valence-corrected chi connectivity index (χ0v) is 20.6. The van der Waals surface area contributed by atoms with E-state index < -0.39 is 5.97 Å². The summed E-state index contributed by atoms with van der Waals surface area (Å²) >= 11 is 0. The van der Waals surface area contributed by atoms with E-state index in [1.807, 2.05) is 71.3 Å². The van der Waals surface area contributed by atoms with Gasteiger partial charge in [0.2, 0.25) is 6.41 Å². The molecule has 0 unspecified atom stereocenters. The number of fused-ring (bicyclic) bond motifs is 1. The van der Waals surface area contributed by atoms with Crippen molar-refractivity contribution in [3.05, 3.63) is 121 Å². The number of anilines is 1. The number of pyridine rings is 2. The van der Waals surface area contributed by atoms with Gasteiger partial charge in [0, 0.05) is 17.4 Å². The molecule has 8 heteroatoms. The molecule has 1 amide bonds. The van der Waals surface area contributed by atoms with Gasteiger partial charge in [0.05, 0.1) is 16.8 Å². The number of ether oxygens (including phenoxy) is 1. The molecule has 0 spiro atoms. The van der Waals surface area contributed by atoms with Gasteiger partial charge in [-0.1, -0.05) is 48.5 Å². The summed E-state index contributed by atoms with van der Waals surface area (Å²) in [7, 11) is 0. The Bertz CT molecular complexity index is 1780. The number of imidazole rings is 1. The molecule has 0 atom stereocenters. The fourth-order valence-corrected chi connectivity index (χ4v) is 4.31. The van der Waals surface area contributed by atoms with Gasteiger partial charge < -0.3 is 10.1 Å². The van der Waals surface area contributed by atoms with E-state index in [-0.39, 0.29) is 0 Å². The Balaban J connectivity index is 1.48. The molecule has 0 aliphatic rings. The molecule has 3 aromatic heterocycles. The Morgan fingerprint density at radius 3 is 2.28 bits per heavy atom. The van der Waals surface area contributed by atoms with Crippen LogP contribution in [0.25, 0.3) is 39.5 Å². The second-order valence-electron chi connectivity index (χ2n) is 8.59. The van der Waals surface area contributed by atoms with E-state index in [4.69, 9.17) is 14.7 Å². The molecule has 1 N–H and O–H groups in total. The van der Waals surface area contributed by atoms with E-state index in [2.05, 4.69) is 10.3 Å². The van der Waals surface area contributed by atoms with Gasteiger partial charge in [-0.05, 0) is 60.7 Å². The summed E-state index contributed by atoms with van der Waals surface area (Å²) in [5.41, 5.74) is 4.79. The molecule has 8 nitrogen and oxygen atoms in total. The molecule has 3 heterocycles. The third kappa shape index (κ3) is 4.74. The van der Waals surface area contributed by atoms with Crippen molar-refractivity contribution in [2.24, 2.45) is 0 Å². The second kappa shape index (κ2) is 10.4. The van der Waals surface area contributed by atoms with E-state index in [1.165, 1.54) is 0 Å². The number of para-hydroxylation sites is 1. The number of aromatic nitrogens is 4. The first-order valence-electron chi connectivity index (χ1n) is 12.2. The van der Waals surface area contributed by atoms with Gasteiger partial charge in [-0.25, -0.2) is 19.7 Å². The number of esters is 1. The van der Waals surface area contributed by atoms with Gasteiger partial charge in [-0.15, -0.1) is 0 Å². The van der Waals surface area contributed by atoms with Crippen molar-refractivity contribution in [3.8, 4) is 34.1 Å². The van der Waals surface area contributed by atoms with Crippen LogP contribution in [0.5, 0.6) is 5.75 Å². The molecule has 3 aromatic carbocycles. The molecule has 0 saturated heterocycles. The van der Waals surface area contributed by atoms with Crippen LogP contribution in [-0.2, 0) is 4.79 Å². The maximum atomic E-state index is 12.7. The molecule has 6 aromatic rings. The highest BCUT2D eigenvalue weighted by Gasteiger charge is 2.20. The highest BCUT2D eigenvalue weighted by molar-refractivity contribution is 5.92. The van der Waals surface area contributed by atoms with Gasteiger partial charge in [-0.3, -0.25) is 9.36 Å². The number of hydrogen-bond acceptors (Lipinski definition) is 6. The normalized spacial score (nSPS) is 10.8. The van der Waals surface area contributed by atoms with Crippen LogP contribution < -0.4 is 10.1 Å². The number of hydrogen-bond donors (Lipinski definition) is 1. The first-order valence-corrected chi connectivity index (χ1v) is 12.2. The minimum atomic E-state index is -0.460. The summed E-state index contributed by atoms with van der Waals surface area (Å²) in [6.07, 6.45) is 2.18. The lowest BCUT2D eigenvalue weighted by atomic mass is 10.1. The van der Waals surface area contributed by atoms with Gasteiger partial charge in [0.25, 0.3) is 0 Å². The van der Waals surface area contributed by atoms with Crippen molar-refractivity contribution >= 4 is 29.4 Å². The van der Waals surface area contributed by atoms with Crippen LogP contribution in [0.4, 0.5) is 5.82 Å². The maximum absolute atomic E-state index is 12.7. The van der Waals surface area contributed by atoms with E-state index in [1.54, 1.807) is 48.7 Å². The van der Waals surface area contributed by atoms with Crippen LogP contribution in [0.2, 0.25) is 0 Å². The monoisotopic (exact) mass is 511 g/mol. The first-order chi connectivity index (χ1) is 19.2. The molecule has 0 saturated carbocycles. The zero-order chi connectivity index (χ0) is 26.6. The Labute approximate surface area is 223 Å². The summed E-state index contributed by atoms with van der Waals surface area (Å²) < 4.78 is 7.37. The molecular formula is C31H21N5O3. The molecule has 188 valence electrons. The quantitative estimate of drug-likeness (QED) is 0.162. The van der Waals surface area contributed by atoms with Crippen LogP contribution in [0, 0.1) is 0 Å². The predicted octanol–water partition coefficient (Wildman–Crippen LogP) is 5.94. The summed E-state index contributed by atoms with van der Waals surface area (Å²) in [6.45, 7) is 0. The summed E-state index contributed by atoms with van der Waals surface area (Å²) in [5, 5.41) is 2.66. The van der Waals surface area contributed by atoms with E-state index in [9.17, 15) is 9.59 Å². The number of carbonyl (C=O) groups excluding carboxylic acids is 2. The highest BCUT2D eigenvalue weighted by atomic mass is 16.5. The van der Waals surface area contributed by atoms with Crippen molar-refractivity contribution in [1.29, 1.82) is 0 Å². The maximum Gasteiger partial charge on any atom is 0.343 e. The Kier molecular flexibility index (Phi) is 6.33. The molecular weight excluding hydrogens is 490 g/mol. The van der Waals surface area contributed by atoms with E-state index in [0.29, 0.717) is 46.1 Å². The van der Waals surface area contributed by atoms with Crippen LogP contribution in [0.1, 0.15) is 10.4 Å². The predicted molar refractivity (Wildman–Crippen MR) is 149 cm³/mol. The van der Waals surface area contributed by atoms with E-state index >= 15 is 0 Å². The van der Waals surface area contributed by atoms with Gasteiger partial charge in [0.15, 0.2) is 11.5 Å². The van der Waals surface area contributed by atoms with Crippen LogP contribution in [0.3, 0.4) is 0 Å². The van der Waals surface area contributed by atoms with Crippen molar-refractivity contribution in [2.75, 3.05) is 5.32 Å². The third-order valence-electron chi connectivity index (χ3n) is 6.13. The van der Waals surface area contributed by atoms with Gasteiger partial charge >= 0.3 is 5.97 Å². The lowest BCUT2D eigenvalue weighted by Crippen LogP contribution is -2.09. The molecule has 0 aliphatic carbocycles. The van der Waals surface area contributed by atoms with E-state index in [0.717, 1.165) is 16.9 Å². The summed E-state index contributed by atoms with van der Waals surface area (Å²) in [4.78, 5) is 38.1. The third-order valence-corrected chi connectivity index (χ3v) is 6.13. The minimum Gasteiger partial charge on any atom is -0.423 e. The molecule has 0 aliphatic heterocycles. The van der Waals surface area contributed by atoms with Crippen molar-refractivity contribution in [3.63, 3.8) is 0 Å². The van der Waals surface area contributed by atoms with Crippen molar-refractivity contribution < 1.29 is 14.3 Å². The van der Waals surface area contributed by atoms with Crippen molar-refractivity contribution in [1.82, 2.24) is 19.5 Å². The Morgan fingerprint density at radius 1 is 0.795 bits per heavy atom. The number of nitrogens with one attached hydrogen (secondary N) is 1. The molecule has 0 bridgehead atoms. The number of benzene rings is 3. The number of amides is 1. The Morgan fingerprint density at radius 2 is 1.54 bits per heavy atom. The van der Waals surface area contributed by atoms with Crippen LogP contribution >= 0.6 is 0 Å². The average Bonchev–Trinajstić information content (AvgIpc) is 3.37. The number of carbonyl (C=O) groups is 2. The lowest BCUT2D eigenvalue weighted by Gasteiger charge is -2.12. The van der Waals surface area contributed by atoms with Gasteiger partial charge in [0.1, 0.15) is 17.1 Å². The topological polar surface area (TPSA) is 99.0 Å². The Hall–Kier alpha value is -5.63. The SMILES string of the molecule is O=CNc1ncccc1-c1nc2ccc(-c3ccccc3)nc2n1-c1ccc(C(=O)Oc2ccccc2)cc1. The molecule has 0 radical (unpaired) electrons. The minimum absolute atomic E-state index is 0.371. The summed E-state index contributed by atoms with van der Waals surface area (Å²) in [5.74, 6) is 0.923. The molecule has 6 rings (SSSR count). The fraction of sp³-hybridized carbons (Fsp3) is 0. The largest absolute Gasteiger partial charge is 0.423 e. The second-order valence-corrected chi connectivity index (χ2v) is 8.59. The standard InChI is InChI=1S/C31H21N5O3/c37-20-33-28-25(12-7-19-32-28)29-35-27-18-17-26(21-8-3-1-4-9-21)34-30(27)36(29)23-15-13-22(14-16-23)31(38)39-24-10-5-2-6-11-24/h1-20H,(H,32,33,37). The van der Waals surface area contributed by atoms with Crippen LogP contribution in [-0.4, -0.2) is 31.9 Å². The zero-order valence-electron chi connectivity index (χ0n) is 20.6. The van der Waals surface area contributed by atoms with Crippen LogP contribution in [0.15, 0.2) is 115 Å². The lowest BCUT2D eigenvalue weighted by molar-refractivity contribution is -0.105. The van der Waals surface area contributed by atoms with Crippen molar-refractivity contribution in [2.45, 2.75) is 0 Å². The highest BCUT2D eigenvalue weighted by Crippen LogP contribution is 2.32. The smallest absolute Gasteiger partial charge is 0.343 e.